The number of nitrogens with two attached hydrogens (primary N) is 1. The van der Waals surface area contributed by atoms with Crippen LogP contribution in [0.2, 0.25) is 0 Å². The van der Waals surface area contributed by atoms with E-state index in [-0.39, 0.29) is 13.3 Å². The molecule has 0 aromatic carbocycles. The van der Waals surface area contributed by atoms with Gasteiger partial charge in [0.05, 0.1) is 0 Å². The normalized spacial score (nSPS) is 13.0. The fraction of sp³-hybridized carbons (Fsp3) is 0.875. The second-order valence-corrected chi connectivity index (χ2v) is 2.65. The smallest absolute Gasteiger partial charge is 0.220 e. The first kappa shape index (κ1) is 9.47. The molecule has 0 heterocycles. The molecule has 1 amide bonds. The highest BCUT2D eigenvalue weighted by Crippen LogP contribution is 2.10. The van der Waals surface area contributed by atoms with Gasteiger partial charge in [0.25, 0.3) is 0 Å². The van der Waals surface area contributed by atoms with Gasteiger partial charge in [-0.25, -0.2) is 0 Å². The summed E-state index contributed by atoms with van der Waals surface area (Å²) in [6, 6.07) is 0. The second-order valence-electron chi connectivity index (χ2n) is 2.65. The summed E-state index contributed by atoms with van der Waals surface area (Å²) >= 11 is 0. The van der Waals surface area contributed by atoms with Gasteiger partial charge in [0.15, 0.2) is 0 Å². The Hall–Kier alpha value is -0.530. The van der Waals surface area contributed by atoms with Gasteiger partial charge in [0.1, 0.15) is 0 Å². The van der Waals surface area contributed by atoms with E-state index >= 15 is 0 Å². The van der Waals surface area contributed by atoms with Gasteiger partial charge in [-0.2, -0.15) is 0 Å². The number of primary amides is 1. The SMILES string of the molecule is CCCC[C@@H](CC)C(N)=O.[HH]. The van der Waals surface area contributed by atoms with Crippen LogP contribution in [0.5, 0.6) is 0 Å². The van der Waals surface area contributed by atoms with E-state index in [2.05, 4.69) is 6.92 Å². The van der Waals surface area contributed by atoms with Crippen molar-refractivity contribution in [3.8, 4) is 0 Å². The first-order valence-electron chi connectivity index (χ1n) is 4.01. The van der Waals surface area contributed by atoms with Crippen LogP contribution in [-0.4, -0.2) is 5.91 Å². The van der Waals surface area contributed by atoms with Gasteiger partial charge in [0.2, 0.25) is 5.91 Å². The molecule has 2 nitrogen and oxygen atoms in total. The van der Waals surface area contributed by atoms with E-state index < -0.39 is 0 Å². The molecule has 1 atom stereocenters. The molecular weight excluding hydrogens is 126 g/mol. The standard InChI is InChI=1S/C8H17NO.H2/c1-3-5-6-7(4-2)8(9)10;/h7H,3-6H2,1-2H3,(H2,9,10);1H/t7-;/m1./s1. The van der Waals surface area contributed by atoms with Crippen LogP contribution in [0.3, 0.4) is 0 Å². The topological polar surface area (TPSA) is 43.1 Å². The van der Waals surface area contributed by atoms with E-state index in [0.717, 1.165) is 25.7 Å². The Labute approximate surface area is 64.3 Å². The first-order chi connectivity index (χ1) is 4.72. The van der Waals surface area contributed by atoms with Crippen LogP contribution in [-0.2, 0) is 4.79 Å². The summed E-state index contributed by atoms with van der Waals surface area (Å²) < 4.78 is 0. The monoisotopic (exact) mass is 145 g/mol. The van der Waals surface area contributed by atoms with Crippen LogP contribution >= 0.6 is 0 Å². The lowest BCUT2D eigenvalue weighted by molar-refractivity contribution is -0.122. The van der Waals surface area contributed by atoms with Gasteiger partial charge in [0, 0.05) is 7.34 Å². The number of hydrogen-bond acceptors (Lipinski definition) is 1. The van der Waals surface area contributed by atoms with Crippen molar-refractivity contribution >= 4 is 5.91 Å². The van der Waals surface area contributed by atoms with Crippen LogP contribution < -0.4 is 5.73 Å². The van der Waals surface area contributed by atoms with Gasteiger partial charge >= 0.3 is 0 Å². The molecule has 10 heavy (non-hydrogen) atoms. The molecule has 0 aliphatic rings. The Morgan fingerprint density at radius 3 is 2.50 bits per heavy atom. The van der Waals surface area contributed by atoms with Crippen molar-refractivity contribution in [2.45, 2.75) is 39.5 Å². The molecule has 0 spiro atoms. The predicted octanol–water partition coefficient (Wildman–Crippen LogP) is 1.93. The number of carbonyl (C=O) groups is 1. The molecule has 0 fully saturated rings. The van der Waals surface area contributed by atoms with Crippen molar-refractivity contribution in [3.63, 3.8) is 0 Å². The van der Waals surface area contributed by atoms with Crippen molar-refractivity contribution in [2.75, 3.05) is 0 Å². The summed E-state index contributed by atoms with van der Waals surface area (Å²) in [5, 5.41) is 0. The Balaban J connectivity index is 0. The molecule has 0 aromatic heterocycles. The van der Waals surface area contributed by atoms with Crippen molar-refractivity contribution in [3.05, 3.63) is 0 Å². The third-order valence-corrected chi connectivity index (χ3v) is 1.80. The summed E-state index contributed by atoms with van der Waals surface area (Å²) in [5.74, 6) is -0.0316. The van der Waals surface area contributed by atoms with Crippen LogP contribution in [0.1, 0.15) is 41.0 Å². The Kier molecular flexibility index (Phi) is 4.99. The number of carbonyl (C=O) groups excluding carboxylic acids is 1. The lowest BCUT2D eigenvalue weighted by Crippen LogP contribution is -2.22. The van der Waals surface area contributed by atoms with Gasteiger partial charge in [-0.15, -0.1) is 0 Å². The minimum Gasteiger partial charge on any atom is -0.369 e. The third-order valence-electron chi connectivity index (χ3n) is 1.80. The molecule has 0 saturated carbocycles. The second kappa shape index (κ2) is 5.27. The van der Waals surface area contributed by atoms with Crippen molar-refractivity contribution in [1.82, 2.24) is 0 Å². The van der Waals surface area contributed by atoms with Gasteiger partial charge < -0.3 is 5.73 Å². The number of unbranched alkanes of at least 4 members (excludes halogenated alkanes) is 1. The predicted molar refractivity (Wildman–Crippen MR) is 44.6 cm³/mol. The van der Waals surface area contributed by atoms with Gasteiger partial charge in [-0.1, -0.05) is 26.7 Å². The average molecular weight is 145 g/mol. The molecule has 0 saturated heterocycles. The van der Waals surface area contributed by atoms with Crippen molar-refractivity contribution < 1.29 is 6.22 Å². The zero-order valence-electron chi connectivity index (χ0n) is 6.89. The summed E-state index contributed by atoms with van der Waals surface area (Å²) in [6.07, 6.45) is 4.10. The highest BCUT2D eigenvalue weighted by Gasteiger charge is 2.10. The highest BCUT2D eigenvalue weighted by molar-refractivity contribution is 5.76. The first-order valence-corrected chi connectivity index (χ1v) is 4.01. The molecule has 2 N–H and O–H groups in total. The molecule has 0 aliphatic carbocycles. The zero-order valence-corrected chi connectivity index (χ0v) is 6.89. The molecule has 2 heteroatoms. The van der Waals surface area contributed by atoms with E-state index in [4.69, 9.17) is 5.73 Å². The highest BCUT2D eigenvalue weighted by atomic mass is 16.1. The van der Waals surface area contributed by atoms with Gasteiger partial charge in [-0.3, -0.25) is 4.79 Å². The van der Waals surface area contributed by atoms with Crippen molar-refractivity contribution in [2.24, 2.45) is 11.7 Å². The van der Waals surface area contributed by atoms with E-state index in [9.17, 15) is 4.79 Å². The molecule has 0 rings (SSSR count). The van der Waals surface area contributed by atoms with Crippen LogP contribution in [0.15, 0.2) is 0 Å². The minimum absolute atomic E-state index is 0. The Morgan fingerprint density at radius 1 is 1.60 bits per heavy atom. The van der Waals surface area contributed by atoms with Crippen LogP contribution in [0, 0.1) is 5.92 Å². The van der Waals surface area contributed by atoms with Crippen LogP contribution in [0.25, 0.3) is 0 Å². The molecule has 0 aromatic rings. The molecular formula is C8H19NO. The average Bonchev–Trinajstić information content (AvgIpc) is 1.89. The quantitative estimate of drug-likeness (QED) is 0.631. The maximum Gasteiger partial charge on any atom is 0.220 e. The largest absolute Gasteiger partial charge is 0.369 e. The summed E-state index contributed by atoms with van der Waals surface area (Å²) in [5.41, 5.74) is 5.15. The van der Waals surface area contributed by atoms with E-state index in [1.807, 2.05) is 6.92 Å². The maximum absolute atomic E-state index is 10.7. The lowest BCUT2D eigenvalue weighted by atomic mass is 9.99. The fourth-order valence-corrected chi connectivity index (χ4v) is 0.998. The molecule has 0 aliphatic heterocycles. The van der Waals surface area contributed by atoms with Gasteiger partial charge in [-0.05, 0) is 12.8 Å². The number of rotatable bonds is 5. The minimum atomic E-state index is -0.143. The van der Waals surface area contributed by atoms with E-state index in [1.165, 1.54) is 0 Å². The molecule has 0 unspecified atom stereocenters. The number of amides is 1. The fourth-order valence-electron chi connectivity index (χ4n) is 0.998. The van der Waals surface area contributed by atoms with E-state index in [0.29, 0.717) is 0 Å². The zero-order chi connectivity index (χ0) is 7.98. The third kappa shape index (κ3) is 3.49. The summed E-state index contributed by atoms with van der Waals surface area (Å²) in [7, 11) is 0. The molecule has 0 radical (unpaired) electrons. The van der Waals surface area contributed by atoms with E-state index in [1.54, 1.807) is 0 Å². The number of hydrogen-bond donors (Lipinski definition) is 1. The Morgan fingerprint density at radius 2 is 2.20 bits per heavy atom. The van der Waals surface area contributed by atoms with Crippen LogP contribution in [0.4, 0.5) is 0 Å². The van der Waals surface area contributed by atoms with Crippen molar-refractivity contribution in [1.29, 1.82) is 0 Å². The maximum atomic E-state index is 10.7. The summed E-state index contributed by atoms with van der Waals surface area (Å²) in [4.78, 5) is 10.7. The summed E-state index contributed by atoms with van der Waals surface area (Å²) in [6.45, 7) is 4.12. The lowest BCUT2D eigenvalue weighted by Gasteiger charge is -2.08. The Bertz CT molecular complexity index is 106. The molecule has 0 bridgehead atoms. The molecule has 62 valence electrons.